The van der Waals surface area contributed by atoms with Crippen molar-refractivity contribution in [3.63, 3.8) is 0 Å². The van der Waals surface area contributed by atoms with Crippen LogP contribution in [-0.4, -0.2) is 52.9 Å². The molecule has 0 spiro atoms. The molecule has 2 aromatic rings. The molecule has 2 rings (SSSR count). The number of hydrogen-bond donors (Lipinski definition) is 1. The van der Waals surface area contributed by atoms with Crippen molar-refractivity contribution < 1.29 is 4.74 Å². The number of ether oxygens (including phenoxy) is 1. The maximum Gasteiger partial charge on any atom is 0.193 e. The molecule has 0 aliphatic heterocycles. The first-order valence-corrected chi connectivity index (χ1v) is 8.68. The molecule has 0 radical (unpaired) electrons. The van der Waals surface area contributed by atoms with E-state index < -0.39 is 0 Å². The second kappa shape index (κ2) is 12.5. The molecule has 0 saturated heterocycles. The Morgan fingerprint density at radius 1 is 1.23 bits per heavy atom. The molecule has 0 aliphatic rings. The smallest absolute Gasteiger partial charge is 0.193 e. The largest absolute Gasteiger partial charge is 0.496 e. The third-order valence-electron chi connectivity index (χ3n) is 3.85. The van der Waals surface area contributed by atoms with Gasteiger partial charge in [-0.15, -0.1) is 34.2 Å². The summed E-state index contributed by atoms with van der Waals surface area (Å²) < 4.78 is 7.42. The van der Waals surface area contributed by atoms with Crippen LogP contribution in [0.25, 0.3) is 0 Å². The van der Waals surface area contributed by atoms with Gasteiger partial charge in [0.2, 0.25) is 0 Å². The highest BCUT2D eigenvalue weighted by atomic mass is 127. The van der Waals surface area contributed by atoms with E-state index >= 15 is 0 Å². The van der Waals surface area contributed by atoms with Gasteiger partial charge in [0.05, 0.1) is 7.11 Å². The number of benzene rings is 1. The molecule has 0 atom stereocenters. The summed E-state index contributed by atoms with van der Waals surface area (Å²) in [5, 5.41) is 11.0. The van der Waals surface area contributed by atoms with Crippen LogP contribution >= 0.6 is 24.0 Å². The fraction of sp³-hybridized carbons (Fsp3) is 0.500. The number of hydrogen-bond acceptors (Lipinski definition) is 4. The standard InChI is InChI=1S/C18H28N6O.HI/c1-4-19-18(20-11-7-8-12-24-14-21-22-15-24)23(2)13-16-9-5-6-10-17(16)25-3;/h5-6,9-10,14-15H,4,7-8,11-13H2,1-3H3,(H,19,20);1H. The van der Waals surface area contributed by atoms with Crippen molar-refractivity contribution in [2.45, 2.75) is 32.9 Å². The number of aromatic nitrogens is 3. The summed E-state index contributed by atoms with van der Waals surface area (Å²) >= 11 is 0. The second-order valence-electron chi connectivity index (χ2n) is 5.81. The number of guanidine groups is 1. The molecular weight excluding hydrogens is 443 g/mol. The average Bonchev–Trinajstić information content (AvgIpc) is 3.14. The Balaban J connectivity index is 0.00000338. The SMILES string of the molecule is CCNC(=NCCCCn1cnnc1)N(C)Cc1ccccc1OC.I. The third-order valence-corrected chi connectivity index (χ3v) is 3.85. The highest BCUT2D eigenvalue weighted by molar-refractivity contribution is 14.0. The summed E-state index contributed by atoms with van der Waals surface area (Å²) in [5.41, 5.74) is 1.14. The lowest BCUT2D eigenvalue weighted by atomic mass is 10.2. The van der Waals surface area contributed by atoms with Gasteiger partial charge >= 0.3 is 0 Å². The van der Waals surface area contributed by atoms with Gasteiger partial charge in [-0.2, -0.15) is 0 Å². The molecule has 0 aliphatic carbocycles. The number of aryl methyl sites for hydroxylation is 1. The van der Waals surface area contributed by atoms with Gasteiger partial charge in [-0.3, -0.25) is 4.99 Å². The zero-order valence-electron chi connectivity index (χ0n) is 15.8. The number of rotatable bonds is 9. The van der Waals surface area contributed by atoms with Gasteiger partial charge in [0.15, 0.2) is 5.96 Å². The maximum absolute atomic E-state index is 5.43. The second-order valence-corrected chi connectivity index (χ2v) is 5.81. The van der Waals surface area contributed by atoms with Crippen LogP contribution in [0.5, 0.6) is 5.75 Å². The van der Waals surface area contributed by atoms with E-state index in [9.17, 15) is 0 Å². The van der Waals surface area contributed by atoms with Crippen LogP contribution in [-0.2, 0) is 13.1 Å². The highest BCUT2D eigenvalue weighted by Gasteiger charge is 2.09. The average molecular weight is 472 g/mol. The Hall–Kier alpha value is -1.84. The molecule has 1 aromatic heterocycles. The molecule has 26 heavy (non-hydrogen) atoms. The van der Waals surface area contributed by atoms with Crippen molar-refractivity contribution >= 4 is 29.9 Å². The summed E-state index contributed by atoms with van der Waals surface area (Å²) in [5.74, 6) is 1.82. The van der Waals surface area contributed by atoms with Gasteiger partial charge in [0, 0.05) is 38.8 Å². The predicted molar refractivity (Wildman–Crippen MR) is 115 cm³/mol. The summed E-state index contributed by atoms with van der Waals surface area (Å²) in [7, 11) is 3.75. The zero-order chi connectivity index (χ0) is 17.9. The quantitative estimate of drug-likeness (QED) is 0.263. The van der Waals surface area contributed by atoms with Crippen molar-refractivity contribution in [3.05, 3.63) is 42.5 Å². The third kappa shape index (κ3) is 7.19. The summed E-state index contributed by atoms with van der Waals surface area (Å²) in [6.45, 7) is 5.39. The minimum absolute atomic E-state index is 0. The van der Waals surface area contributed by atoms with Crippen molar-refractivity contribution in [1.82, 2.24) is 25.0 Å². The van der Waals surface area contributed by atoms with Crippen molar-refractivity contribution in [2.75, 3.05) is 27.2 Å². The van der Waals surface area contributed by atoms with Crippen molar-refractivity contribution in [1.29, 1.82) is 0 Å². The van der Waals surface area contributed by atoms with Crippen molar-refractivity contribution in [2.24, 2.45) is 4.99 Å². The first-order valence-electron chi connectivity index (χ1n) is 8.68. The first kappa shape index (κ1) is 22.2. The van der Waals surface area contributed by atoms with Crippen LogP contribution < -0.4 is 10.1 Å². The molecule has 7 nitrogen and oxygen atoms in total. The van der Waals surface area contributed by atoms with Gasteiger partial charge in [-0.1, -0.05) is 18.2 Å². The molecule has 0 amide bonds. The molecule has 0 fully saturated rings. The number of unbranched alkanes of at least 4 members (excludes halogenated alkanes) is 1. The lowest BCUT2D eigenvalue weighted by molar-refractivity contribution is 0.396. The lowest BCUT2D eigenvalue weighted by Gasteiger charge is -2.23. The van der Waals surface area contributed by atoms with Crippen molar-refractivity contribution in [3.8, 4) is 5.75 Å². The van der Waals surface area contributed by atoms with E-state index in [-0.39, 0.29) is 24.0 Å². The van der Waals surface area contributed by atoms with E-state index in [4.69, 9.17) is 9.73 Å². The van der Waals surface area contributed by atoms with Gasteiger partial charge in [-0.05, 0) is 25.8 Å². The Morgan fingerprint density at radius 3 is 2.65 bits per heavy atom. The summed E-state index contributed by atoms with van der Waals surface area (Å²) in [6, 6.07) is 8.08. The van der Waals surface area contributed by atoms with Crippen LogP contribution in [0.2, 0.25) is 0 Å². The minimum atomic E-state index is 0. The molecule has 1 heterocycles. The molecule has 1 aromatic carbocycles. The zero-order valence-corrected chi connectivity index (χ0v) is 18.1. The van der Waals surface area contributed by atoms with E-state index in [1.807, 2.05) is 29.8 Å². The molecular formula is C18H29IN6O. The van der Waals surface area contributed by atoms with Gasteiger partial charge in [0.25, 0.3) is 0 Å². The lowest BCUT2D eigenvalue weighted by Crippen LogP contribution is -2.38. The van der Waals surface area contributed by atoms with E-state index in [1.54, 1.807) is 19.8 Å². The molecule has 1 N–H and O–H groups in total. The fourth-order valence-corrected chi connectivity index (χ4v) is 2.56. The highest BCUT2D eigenvalue weighted by Crippen LogP contribution is 2.18. The molecule has 8 heteroatoms. The van der Waals surface area contributed by atoms with Crippen LogP contribution in [0.4, 0.5) is 0 Å². The predicted octanol–water partition coefficient (Wildman–Crippen LogP) is 2.78. The van der Waals surface area contributed by atoms with Gasteiger partial charge in [-0.25, -0.2) is 0 Å². The number of nitrogens with one attached hydrogen (secondary N) is 1. The Bertz CT molecular complexity index is 647. The van der Waals surface area contributed by atoms with E-state index in [2.05, 4.69) is 33.4 Å². The van der Waals surface area contributed by atoms with E-state index in [1.165, 1.54) is 0 Å². The Morgan fingerprint density at radius 2 is 1.96 bits per heavy atom. The Kier molecular flexibility index (Phi) is 10.7. The number of nitrogens with zero attached hydrogens (tertiary/aromatic N) is 5. The first-order chi connectivity index (χ1) is 12.2. The van der Waals surface area contributed by atoms with Crippen LogP contribution in [0.1, 0.15) is 25.3 Å². The number of halogens is 1. The summed E-state index contributed by atoms with van der Waals surface area (Å²) in [4.78, 5) is 6.86. The number of methoxy groups -OCH3 is 1. The van der Waals surface area contributed by atoms with Gasteiger partial charge in [0.1, 0.15) is 18.4 Å². The van der Waals surface area contributed by atoms with Gasteiger partial charge < -0.3 is 19.5 Å². The normalized spacial score (nSPS) is 11.0. The fourth-order valence-electron chi connectivity index (χ4n) is 2.56. The minimum Gasteiger partial charge on any atom is -0.496 e. The molecule has 0 unspecified atom stereocenters. The van der Waals surface area contributed by atoms with E-state index in [0.29, 0.717) is 0 Å². The Labute approximate surface area is 172 Å². The summed E-state index contributed by atoms with van der Waals surface area (Å²) in [6.07, 6.45) is 5.56. The monoisotopic (exact) mass is 472 g/mol. The molecule has 0 bridgehead atoms. The number of para-hydroxylation sites is 1. The van der Waals surface area contributed by atoms with Crippen LogP contribution in [0.15, 0.2) is 41.9 Å². The molecule has 0 saturated carbocycles. The maximum atomic E-state index is 5.43. The van der Waals surface area contributed by atoms with Crippen LogP contribution in [0.3, 0.4) is 0 Å². The van der Waals surface area contributed by atoms with Crippen LogP contribution in [0, 0.1) is 0 Å². The number of aliphatic imine (C=N–C) groups is 1. The topological polar surface area (TPSA) is 67.6 Å². The molecule has 144 valence electrons. The van der Waals surface area contributed by atoms with E-state index in [0.717, 1.165) is 56.3 Å².